The molecule has 2 nitrogen and oxygen atoms in total. The first-order valence-electron chi connectivity index (χ1n) is 4.01. The van der Waals surface area contributed by atoms with E-state index in [1.165, 1.54) is 0 Å². The van der Waals surface area contributed by atoms with Gasteiger partial charge in [-0.2, -0.15) is 12.6 Å². The molecule has 0 amide bonds. The SMILES string of the molecule is COc1ccc(CC(=O)CS)cc1. The van der Waals surface area contributed by atoms with Crippen LogP contribution in [0.15, 0.2) is 24.3 Å². The second-order valence-electron chi connectivity index (χ2n) is 2.72. The first kappa shape index (κ1) is 10.1. The number of hydrogen-bond donors (Lipinski definition) is 1. The minimum absolute atomic E-state index is 0.133. The maximum Gasteiger partial charge on any atom is 0.146 e. The number of carbonyl (C=O) groups is 1. The summed E-state index contributed by atoms with van der Waals surface area (Å²) in [6.07, 6.45) is 0.452. The molecule has 0 saturated carbocycles. The van der Waals surface area contributed by atoms with Gasteiger partial charge in [0.05, 0.1) is 7.11 Å². The van der Waals surface area contributed by atoms with Gasteiger partial charge in [-0.1, -0.05) is 12.1 Å². The first-order chi connectivity index (χ1) is 6.26. The highest BCUT2D eigenvalue weighted by Crippen LogP contribution is 2.11. The van der Waals surface area contributed by atoms with E-state index < -0.39 is 0 Å². The fraction of sp³-hybridized carbons (Fsp3) is 0.300. The van der Waals surface area contributed by atoms with Crippen molar-refractivity contribution in [3.8, 4) is 5.75 Å². The molecular weight excluding hydrogens is 184 g/mol. The molecule has 0 bridgehead atoms. The average Bonchev–Trinajstić information content (AvgIpc) is 2.19. The molecule has 0 spiro atoms. The largest absolute Gasteiger partial charge is 0.497 e. The van der Waals surface area contributed by atoms with E-state index in [1.807, 2.05) is 24.3 Å². The summed E-state index contributed by atoms with van der Waals surface area (Å²) in [5, 5.41) is 0. The van der Waals surface area contributed by atoms with Gasteiger partial charge < -0.3 is 4.74 Å². The number of ketones is 1. The summed E-state index contributed by atoms with van der Waals surface area (Å²) in [6, 6.07) is 7.47. The number of carbonyl (C=O) groups excluding carboxylic acids is 1. The Morgan fingerprint density at radius 3 is 2.46 bits per heavy atom. The topological polar surface area (TPSA) is 26.3 Å². The highest BCUT2D eigenvalue weighted by Gasteiger charge is 2.00. The molecule has 1 rings (SSSR count). The van der Waals surface area contributed by atoms with E-state index in [2.05, 4.69) is 12.6 Å². The van der Waals surface area contributed by atoms with Crippen molar-refractivity contribution in [1.29, 1.82) is 0 Å². The lowest BCUT2D eigenvalue weighted by Gasteiger charge is -2.01. The lowest BCUT2D eigenvalue weighted by molar-refractivity contribution is -0.115. The standard InChI is InChI=1S/C10H12O2S/c1-12-10-4-2-8(3-5-10)6-9(11)7-13/h2-5,13H,6-7H2,1H3. The van der Waals surface area contributed by atoms with E-state index in [-0.39, 0.29) is 5.78 Å². The van der Waals surface area contributed by atoms with E-state index in [1.54, 1.807) is 7.11 Å². The van der Waals surface area contributed by atoms with Crippen LogP contribution in [0.2, 0.25) is 0 Å². The van der Waals surface area contributed by atoms with Crippen molar-refractivity contribution < 1.29 is 9.53 Å². The minimum atomic E-state index is 0.133. The molecule has 0 aliphatic heterocycles. The van der Waals surface area contributed by atoms with E-state index in [0.29, 0.717) is 12.2 Å². The van der Waals surface area contributed by atoms with Gasteiger partial charge in [-0.25, -0.2) is 0 Å². The van der Waals surface area contributed by atoms with Crippen LogP contribution in [-0.2, 0) is 11.2 Å². The molecule has 0 aromatic heterocycles. The van der Waals surface area contributed by atoms with Crippen LogP contribution < -0.4 is 4.74 Å². The lowest BCUT2D eigenvalue weighted by atomic mass is 10.1. The second-order valence-corrected chi connectivity index (χ2v) is 3.04. The second kappa shape index (κ2) is 4.92. The maximum absolute atomic E-state index is 11.0. The van der Waals surface area contributed by atoms with Crippen LogP contribution in [-0.4, -0.2) is 18.6 Å². The summed E-state index contributed by atoms with van der Waals surface area (Å²) in [5.41, 5.74) is 1.000. The highest BCUT2D eigenvalue weighted by atomic mass is 32.1. The van der Waals surface area contributed by atoms with Gasteiger partial charge in [-0.3, -0.25) is 4.79 Å². The Kier molecular flexibility index (Phi) is 3.83. The molecular formula is C10H12O2S. The number of benzene rings is 1. The molecule has 1 aromatic carbocycles. The molecule has 13 heavy (non-hydrogen) atoms. The lowest BCUT2D eigenvalue weighted by Crippen LogP contribution is -2.03. The summed E-state index contributed by atoms with van der Waals surface area (Å²) in [6.45, 7) is 0. The molecule has 0 saturated heterocycles. The normalized spacial score (nSPS) is 9.69. The van der Waals surface area contributed by atoms with Gasteiger partial charge in [0.2, 0.25) is 0 Å². The Morgan fingerprint density at radius 1 is 1.38 bits per heavy atom. The van der Waals surface area contributed by atoms with Crippen LogP contribution in [0.3, 0.4) is 0 Å². The van der Waals surface area contributed by atoms with Crippen molar-refractivity contribution in [2.24, 2.45) is 0 Å². The monoisotopic (exact) mass is 196 g/mol. The van der Waals surface area contributed by atoms with Crippen molar-refractivity contribution in [3.05, 3.63) is 29.8 Å². The quantitative estimate of drug-likeness (QED) is 0.742. The van der Waals surface area contributed by atoms with Gasteiger partial charge in [0, 0.05) is 12.2 Å². The van der Waals surface area contributed by atoms with E-state index >= 15 is 0 Å². The first-order valence-corrected chi connectivity index (χ1v) is 4.65. The van der Waals surface area contributed by atoms with Crippen LogP contribution in [0.5, 0.6) is 5.75 Å². The Hall–Kier alpha value is -0.960. The van der Waals surface area contributed by atoms with Gasteiger partial charge in [0.15, 0.2) is 0 Å². The van der Waals surface area contributed by atoms with Crippen LogP contribution in [0.25, 0.3) is 0 Å². The van der Waals surface area contributed by atoms with Crippen LogP contribution in [0.4, 0.5) is 0 Å². The molecule has 70 valence electrons. The molecule has 0 aliphatic carbocycles. The molecule has 3 heteroatoms. The highest BCUT2D eigenvalue weighted by molar-refractivity contribution is 7.81. The molecule has 1 aromatic rings. The molecule has 0 fully saturated rings. The third kappa shape index (κ3) is 3.11. The van der Waals surface area contributed by atoms with E-state index in [0.717, 1.165) is 11.3 Å². The van der Waals surface area contributed by atoms with Crippen LogP contribution >= 0.6 is 12.6 Å². The van der Waals surface area contributed by atoms with Crippen molar-refractivity contribution >= 4 is 18.4 Å². The summed E-state index contributed by atoms with van der Waals surface area (Å²) < 4.78 is 5.00. The molecule has 0 N–H and O–H groups in total. The summed E-state index contributed by atoms with van der Waals surface area (Å²) >= 11 is 3.91. The Balaban J connectivity index is 2.64. The van der Waals surface area contributed by atoms with Gasteiger partial charge in [0.1, 0.15) is 11.5 Å². The number of methoxy groups -OCH3 is 1. The third-order valence-corrected chi connectivity index (χ3v) is 2.09. The zero-order valence-electron chi connectivity index (χ0n) is 7.49. The maximum atomic E-state index is 11.0. The van der Waals surface area contributed by atoms with Gasteiger partial charge >= 0.3 is 0 Å². The van der Waals surface area contributed by atoms with Gasteiger partial charge in [-0.05, 0) is 17.7 Å². The Morgan fingerprint density at radius 2 is 2.00 bits per heavy atom. The molecule has 0 heterocycles. The van der Waals surface area contributed by atoms with Crippen molar-refractivity contribution in [2.45, 2.75) is 6.42 Å². The zero-order chi connectivity index (χ0) is 9.68. The Labute approximate surface area is 83.3 Å². The number of Topliss-reactive ketones (excluding diaryl/α,β-unsaturated/α-hetero) is 1. The molecule has 0 unspecified atom stereocenters. The molecule has 0 radical (unpaired) electrons. The van der Waals surface area contributed by atoms with Crippen molar-refractivity contribution in [2.75, 3.05) is 12.9 Å². The number of hydrogen-bond acceptors (Lipinski definition) is 3. The number of rotatable bonds is 4. The zero-order valence-corrected chi connectivity index (χ0v) is 8.38. The van der Waals surface area contributed by atoms with Gasteiger partial charge in [0.25, 0.3) is 0 Å². The summed E-state index contributed by atoms with van der Waals surface area (Å²) in [4.78, 5) is 11.0. The Bertz CT molecular complexity index is 279. The van der Waals surface area contributed by atoms with E-state index in [9.17, 15) is 4.79 Å². The van der Waals surface area contributed by atoms with Crippen molar-refractivity contribution in [3.63, 3.8) is 0 Å². The van der Waals surface area contributed by atoms with Crippen LogP contribution in [0, 0.1) is 0 Å². The molecule has 0 aliphatic rings. The fourth-order valence-electron chi connectivity index (χ4n) is 1.03. The van der Waals surface area contributed by atoms with E-state index in [4.69, 9.17) is 4.74 Å². The minimum Gasteiger partial charge on any atom is -0.497 e. The summed E-state index contributed by atoms with van der Waals surface area (Å²) in [5.74, 6) is 1.24. The van der Waals surface area contributed by atoms with Crippen molar-refractivity contribution in [1.82, 2.24) is 0 Å². The third-order valence-electron chi connectivity index (χ3n) is 1.74. The predicted molar refractivity (Wildman–Crippen MR) is 55.6 cm³/mol. The fourth-order valence-corrected chi connectivity index (χ4v) is 1.14. The van der Waals surface area contributed by atoms with Crippen LogP contribution in [0.1, 0.15) is 5.56 Å². The average molecular weight is 196 g/mol. The molecule has 0 atom stereocenters. The van der Waals surface area contributed by atoms with Gasteiger partial charge in [-0.15, -0.1) is 0 Å². The smallest absolute Gasteiger partial charge is 0.146 e. The number of thiol groups is 1. The number of ether oxygens (including phenoxy) is 1. The predicted octanol–water partition coefficient (Wildman–Crippen LogP) is 1.74. The summed E-state index contributed by atoms with van der Waals surface area (Å²) in [7, 11) is 1.62.